The van der Waals surface area contributed by atoms with Gasteiger partial charge in [-0.2, -0.15) is 0 Å². The van der Waals surface area contributed by atoms with Gasteiger partial charge in [-0.25, -0.2) is 8.42 Å². The van der Waals surface area contributed by atoms with Crippen LogP contribution in [0.25, 0.3) is 0 Å². The lowest BCUT2D eigenvalue weighted by Crippen LogP contribution is -2.31. The number of sulfonamides is 1. The average molecular weight is 577 g/mol. The fraction of sp³-hybridized carbons (Fsp3) is 0.286. The van der Waals surface area contributed by atoms with Crippen LogP contribution in [0.3, 0.4) is 0 Å². The predicted molar refractivity (Wildman–Crippen MR) is 156 cm³/mol. The molecule has 38 heavy (non-hydrogen) atoms. The van der Waals surface area contributed by atoms with Gasteiger partial charge in [0.1, 0.15) is 0 Å². The van der Waals surface area contributed by atoms with Gasteiger partial charge in [0.15, 0.2) is 0 Å². The number of nitrogens with zero attached hydrogens (tertiary/aromatic N) is 1. The van der Waals surface area contributed by atoms with E-state index in [0.717, 1.165) is 16.1 Å². The standard InChI is InChI=1S/C28H31Cl2N3O4S/c1-28(2,3)20-12-10-19(11-13-20)27(35)32-23-8-5-7-22(18-23)31-26(34)9-6-16-33(38(4,36)37)25-17-21(29)14-15-24(25)30/h5,7-8,10-15,17-18H,6,9,16H2,1-4H3,(H,31,34)(H,32,35). The summed E-state index contributed by atoms with van der Waals surface area (Å²) < 4.78 is 25.8. The summed E-state index contributed by atoms with van der Waals surface area (Å²) in [5, 5.41) is 6.23. The molecule has 0 fully saturated rings. The van der Waals surface area contributed by atoms with Gasteiger partial charge in [-0.15, -0.1) is 0 Å². The average Bonchev–Trinajstić information content (AvgIpc) is 2.82. The molecular formula is C28H31Cl2N3O4S. The van der Waals surface area contributed by atoms with Gasteiger partial charge >= 0.3 is 0 Å². The lowest BCUT2D eigenvalue weighted by molar-refractivity contribution is -0.116. The first-order chi connectivity index (χ1) is 17.7. The van der Waals surface area contributed by atoms with E-state index < -0.39 is 10.0 Å². The molecule has 3 rings (SSSR count). The first-order valence-electron chi connectivity index (χ1n) is 12.0. The van der Waals surface area contributed by atoms with Crippen molar-refractivity contribution in [2.75, 3.05) is 27.7 Å². The van der Waals surface area contributed by atoms with Crippen LogP contribution < -0.4 is 14.9 Å². The van der Waals surface area contributed by atoms with Crippen molar-refractivity contribution in [3.05, 3.63) is 87.9 Å². The van der Waals surface area contributed by atoms with E-state index in [4.69, 9.17) is 23.2 Å². The quantitative estimate of drug-likeness (QED) is 0.295. The van der Waals surface area contributed by atoms with Crippen molar-refractivity contribution in [3.8, 4) is 0 Å². The lowest BCUT2D eigenvalue weighted by atomic mass is 9.87. The van der Waals surface area contributed by atoms with Crippen LogP contribution in [0.1, 0.15) is 49.5 Å². The molecule has 0 unspecified atom stereocenters. The molecule has 3 aromatic rings. The fourth-order valence-corrected chi connectivity index (χ4v) is 5.15. The summed E-state index contributed by atoms with van der Waals surface area (Å²) in [5.41, 5.74) is 2.96. The Balaban J connectivity index is 1.59. The molecule has 0 saturated heterocycles. The number of hydrogen-bond donors (Lipinski definition) is 2. The minimum atomic E-state index is -3.65. The van der Waals surface area contributed by atoms with Crippen LogP contribution in [-0.4, -0.2) is 33.0 Å². The van der Waals surface area contributed by atoms with Gasteiger partial charge in [-0.1, -0.05) is 62.2 Å². The second kappa shape index (κ2) is 12.2. The molecule has 2 N–H and O–H groups in total. The lowest BCUT2D eigenvalue weighted by Gasteiger charge is -2.23. The Morgan fingerprint density at radius 3 is 2.13 bits per heavy atom. The second-order valence-corrected chi connectivity index (χ2v) is 12.7. The normalized spacial score (nSPS) is 11.6. The Morgan fingerprint density at radius 2 is 1.53 bits per heavy atom. The topological polar surface area (TPSA) is 95.6 Å². The second-order valence-electron chi connectivity index (χ2n) is 9.94. The third-order valence-electron chi connectivity index (χ3n) is 5.76. The molecule has 0 heterocycles. The molecule has 3 aromatic carbocycles. The molecule has 10 heteroatoms. The predicted octanol–water partition coefficient (Wildman–Crippen LogP) is 6.73. The Kier molecular flexibility index (Phi) is 9.46. The van der Waals surface area contributed by atoms with E-state index in [2.05, 4.69) is 31.4 Å². The van der Waals surface area contributed by atoms with Crippen LogP contribution in [0.15, 0.2) is 66.7 Å². The monoisotopic (exact) mass is 575 g/mol. The molecule has 202 valence electrons. The van der Waals surface area contributed by atoms with Gasteiger partial charge < -0.3 is 10.6 Å². The summed E-state index contributed by atoms with van der Waals surface area (Å²) in [4.78, 5) is 25.2. The molecule has 0 radical (unpaired) electrons. The van der Waals surface area contributed by atoms with Gasteiger partial charge in [-0.05, 0) is 65.9 Å². The van der Waals surface area contributed by atoms with Crippen molar-refractivity contribution in [2.24, 2.45) is 0 Å². The summed E-state index contributed by atoms with van der Waals surface area (Å²) >= 11 is 12.2. The van der Waals surface area contributed by atoms with Crippen molar-refractivity contribution < 1.29 is 18.0 Å². The SMILES string of the molecule is CC(C)(C)c1ccc(C(=O)Nc2cccc(NC(=O)CCCN(c3cc(Cl)ccc3Cl)S(C)(=O)=O)c2)cc1. The van der Waals surface area contributed by atoms with E-state index in [1.54, 1.807) is 42.5 Å². The van der Waals surface area contributed by atoms with Crippen LogP contribution in [-0.2, 0) is 20.2 Å². The number of hydrogen-bond acceptors (Lipinski definition) is 4. The molecule has 0 spiro atoms. The first-order valence-corrected chi connectivity index (χ1v) is 14.6. The number of halogens is 2. The van der Waals surface area contributed by atoms with Crippen LogP contribution in [0, 0.1) is 0 Å². The van der Waals surface area contributed by atoms with E-state index >= 15 is 0 Å². The molecule has 0 aromatic heterocycles. The Bertz CT molecular complexity index is 1420. The Labute approximate surface area is 234 Å². The largest absolute Gasteiger partial charge is 0.326 e. The third kappa shape index (κ3) is 8.21. The van der Waals surface area contributed by atoms with E-state index in [-0.39, 0.29) is 47.3 Å². The van der Waals surface area contributed by atoms with Gasteiger partial charge in [0.25, 0.3) is 5.91 Å². The Morgan fingerprint density at radius 1 is 0.895 bits per heavy atom. The summed E-state index contributed by atoms with van der Waals surface area (Å²) in [6.07, 6.45) is 1.40. The van der Waals surface area contributed by atoms with Crippen molar-refractivity contribution in [3.63, 3.8) is 0 Å². The fourth-order valence-electron chi connectivity index (χ4n) is 3.75. The number of rotatable bonds is 9. The minimum absolute atomic E-state index is 0.00700. The summed E-state index contributed by atoms with van der Waals surface area (Å²) in [6, 6.07) is 18.9. The van der Waals surface area contributed by atoms with E-state index in [9.17, 15) is 18.0 Å². The smallest absolute Gasteiger partial charge is 0.255 e. The van der Waals surface area contributed by atoms with Crippen LogP contribution >= 0.6 is 23.2 Å². The number of nitrogens with one attached hydrogen (secondary N) is 2. The molecule has 0 aliphatic carbocycles. The highest BCUT2D eigenvalue weighted by atomic mass is 35.5. The zero-order chi connectivity index (χ0) is 28.1. The van der Waals surface area contributed by atoms with E-state index in [1.165, 1.54) is 12.1 Å². The molecule has 0 aliphatic heterocycles. The highest BCUT2D eigenvalue weighted by Gasteiger charge is 2.21. The zero-order valence-electron chi connectivity index (χ0n) is 21.7. The van der Waals surface area contributed by atoms with E-state index in [0.29, 0.717) is 22.0 Å². The summed E-state index contributed by atoms with van der Waals surface area (Å²) in [5.74, 6) is -0.550. The summed E-state index contributed by atoms with van der Waals surface area (Å²) in [6.45, 7) is 6.38. The number of carbonyl (C=O) groups is 2. The van der Waals surface area contributed by atoms with Crippen molar-refractivity contribution in [2.45, 2.75) is 39.0 Å². The van der Waals surface area contributed by atoms with Gasteiger partial charge in [-0.3, -0.25) is 13.9 Å². The highest BCUT2D eigenvalue weighted by Crippen LogP contribution is 2.31. The minimum Gasteiger partial charge on any atom is -0.326 e. The summed E-state index contributed by atoms with van der Waals surface area (Å²) in [7, 11) is -3.65. The maximum Gasteiger partial charge on any atom is 0.255 e. The van der Waals surface area contributed by atoms with Crippen molar-refractivity contribution >= 4 is 62.1 Å². The molecule has 0 aliphatic rings. The molecule has 7 nitrogen and oxygen atoms in total. The first kappa shape index (κ1) is 29.5. The maximum absolute atomic E-state index is 12.7. The molecule has 0 bridgehead atoms. The molecule has 2 amide bonds. The number of carbonyl (C=O) groups excluding carboxylic acids is 2. The maximum atomic E-state index is 12.7. The molecular weight excluding hydrogens is 545 g/mol. The molecule has 0 saturated carbocycles. The Hall–Kier alpha value is -3.07. The van der Waals surface area contributed by atoms with Crippen LogP contribution in [0.4, 0.5) is 17.1 Å². The van der Waals surface area contributed by atoms with Crippen molar-refractivity contribution in [1.29, 1.82) is 0 Å². The van der Waals surface area contributed by atoms with Crippen molar-refractivity contribution in [1.82, 2.24) is 0 Å². The van der Waals surface area contributed by atoms with Crippen LogP contribution in [0.5, 0.6) is 0 Å². The van der Waals surface area contributed by atoms with Gasteiger partial charge in [0.2, 0.25) is 15.9 Å². The van der Waals surface area contributed by atoms with Gasteiger partial charge in [0, 0.05) is 34.9 Å². The highest BCUT2D eigenvalue weighted by molar-refractivity contribution is 7.92. The third-order valence-corrected chi connectivity index (χ3v) is 7.49. The number of amides is 2. The van der Waals surface area contributed by atoms with Crippen LogP contribution in [0.2, 0.25) is 10.0 Å². The molecule has 0 atom stereocenters. The van der Waals surface area contributed by atoms with E-state index in [1.807, 2.05) is 12.1 Å². The number of benzene rings is 3. The van der Waals surface area contributed by atoms with Gasteiger partial charge in [0.05, 0.1) is 17.0 Å². The number of anilines is 3. The zero-order valence-corrected chi connectivity index (χ0v) is 24.0.